The standard InChI is InChI=1S/C8H15NO6.C6H12O6/c1-4(12)9-5(2-10)7(14)8(15)6(13)3-11;7-1-3(9)5(11)6(12)4(10)2-8/h2,5-8,11,13-15H,3H2,1H3,(H,9,12);1,3-6,8-12H,2H2/t5-,6+,7+,8+;3-,4-,5+,6+/m01/s1. The van der Waals surface area contributed by atoms with Crippen LogP contribution in [-0.4, -0.2) is 126 Å². The molecule has 0 aromatic rings. The summed E-state index contributed by atoms with van der Waals surface area (Å²) in [4.78, 5) is 31.0. The predicted molar refractivity (Wildman–Crippen MR) is 86.0 cm³/mol. The molecular weight excluding hydrogens is 374 g/mol. The zero-order valence-corrected chi connectivity index (χ0v) is 14.4. The number of aliphatic hydroxyl groups is 9. The number of hydrogen-bond donors (Lipinski definition) is 10. The minimum absolute atomic E-state index is 0.0258. The molecule has 13 nitrogen and oxygen atoms in total. The molecule has 27 heavy (non-hydrogen) atoms. The van der Waals surface area contributed by atoms with Crippen molar-refractivity contribution in [1.29, 1.82) is 0 Å². The van der Waals surface area contributed by atoms with Crippen molar-refractivity contribution in [2.24, 2.45) is 0 Å². The third kappa shape index (κ3) is 10.4. The quantitative estimate of drug-likeness (QED) is 0.145. The van der Waals surface area contributed by atoms with Gasteiger partial charge in [-0.1, -0.05) is 0 Å². The van der Waals surface area contributed by atoms with Gasteiger partial charge >= 0.3 is 0 Å². The molecule has 0 radical (unpaired) electrons. The average molecular weight is 401 g/mol. The fraction of sp³-hybridized carbons (Fsp3) is 0.786. The third-order valence-electron chi connectivity index (χ3n) is 3.24. The van der Waals surface area contributed by atoms with Crippen LogP contribution in [0.1, 0.15) is 6.92 Å². The van der Waals surface area contributed by atoms with Crippen LogP contribution in [0.2, 0.25) is 0 Å². The van der Waals surface area contributed by atoms with Crippen molar-refractivity contribution in [3.63, 3.8) is 0 Å². The van der Waals surface area contributed by atoms with E-state index in [1.54, 1.807) is 0 Å². The van der Waals surface area contributed by atoms with Crippen LogP contribution in [0.3, 0.4) is 0 Å². The second-order valence-electron chi connectivity index (χ2n) is 5.45. The Labute approximate surface area is 154 Å². The molecule has 0 aliphatic rings. The summed E-state index contributed by atoms with van der Waals surface area (Å²) in [5, 5.41) is 81.7. The molecule has 0 saturated heterocycles. The Hall–Kier alpha value is -1.55. The summed E-state index contributed by atoms with van der Waals surface area (Å²) in [6.45, 7) is -0.383. The number of nitrogens with one attached hydrogen (secondary N) is 1. The molecule has 0 fully saturated rings. The maximum atomic E-state index is 10.6. The van der Waals surface area contributed by atoms with Crippen LogP contribution in [0.4, 0.5) is 0 Å². The van der Waals surface area contributed by atoms with Crippen LogP contribution in [0.5, 0.6) is 0 Å². The van der Waals surface area contributed by atoms with Gasteiger partial charge in [-0.25, -0.2) is 0 Å². The number of rotatable bonds is 11. The zero-order chi connectivity index (χ0) is 21.7. The topological polar surface area (TPSA) is 245 Å². The van der Waals surface area contributed by atoms with Gasteiger partial charge in [0.05, 0.1) is 13.2 Å². The Balaban J connectivity index is 0. The lowest BCUT2D eigenvalue weighted by atomic mass is 10.0. The molecule has 0 saturated carbocycles. The van der Waals surface area contributed by atoms with Crippen molar-refractivity contribution in [2.45, 2.75) is 55.7 Å². The van der Waals surface area contributed by atoms with Gasteiger partial charge in [-0.05, 0) is 0 Å². The molecule has 0 unspecified atom stereocenters. The van der Waals surface area contributed by atoms with E-state index in [1.165, 1.54) is 0 Å². The lowest BCUT2D eigenvalue weighted by molar-refractivity contribution is -0.136. The van der Waals surface area contributed by atoms with Gasteiger partial charge in [0.1, 0.15) is 55.1 Å². The second-order valence-corrected chi connectivity index (χ2v) is 5.45. The highest BCUT2D eigenvalue weighted by Gasteiger charge is 2.31. The first-order chi connectivity index (χ1) is 12.5. The summed E-state index contributed by atoms with van der Waals surface area (Å²) in [5.74, 6) is -0.558. The van der Waals surface area contributed by atoms with Gasteiger partial charge in [-0.15, -0.1) is 0 Å². The highest BCUT2D eigenvalue weighted by atomic mass is 16.4. The second kappa shape index (κ2) is 14.5. The molecule has 0 spiro atoms. The summed E-state index contributed by atoms with van der Waals surface area (Å²) < 4.78 is 0. The molecule has 10 N–H and O–H groups in total. The van der Waals surface area contributed by atoms with E-state index < -0.39 is 67.9 Å². The Morgan fingerprint density at radius 2 is 1.19 bits per heavy atom. The molecule has 1 amide bonds. The van der Waals surface area contributed by atoms with Gasteiger partial charge < -0.3 is 60.9 Å². The summed E-state index contributed by atoms with van der Waals surface area (Å²) in [5.41, 5.74) is 0. The van der Waals surface area contributed by atoms with E-state index in [-0.39, 0.29) is 12.6 Å². The van der Waals surface area contributed by atoms with Crippen molar-refractivity contribution >= 4 is 18.5 Å². The number of amides is 1. The third-order valence-corrected chi connectivity index (χ3v) is 3.24. The number of carbonyl (C=O) groups excluding carboxylic acids is 3. The highest BCUT2D eigenvalue weighted by Crippen LogP contribution is 2.04. The van der Waals surface area contributed by atoms with Gasteiger partial charge in [0.2, 0.25) is 5.91 Å². The molecule has 8 atom stereocenters. The lowest BCUT2D eigenvalue weighted by Crippen LogP contribution is -2.53. The monoisotopic (exact) mass is 401 g/mol. The molecule has 13 heteroatoms. The van der Waals surface area contributed by atoms with Crippen LogP contribution in [0.15, 0.2) is 0 Å². The van der Waals surface area contributed by atoms with Gasteiger partial charge in [0.25, 0.3) is 0 Å². The molecule has 0 aromatic heterocycles. The molecule has 0 rings (SSSR count). The maximum Gasteiger partial charge on any atom is 0.217 e. The number of aldehydes is 2. The first kappa shape index (κ1) is 27.7. The molecule has 0 aliphatic carbocycles. The van der Waals surface area contributed by atoms with Crippen LogP contribution in [0.25, 0.3) is 0 Å². The molecule has 160 valence electrons. The van der Waals surface area contributed by atoms with E-state index in [9.17, 15) is 24.6 Å². The zero-order valence-electron chi connectivity index (χ0n) is 14.4. The van der Waals surface area contributed by atoms with Crippen LogP contribution in [0, 0.1) is 0 Å². The van der Waals surface area contributed by atoms with E-state index in [0.29, 0.717) is 0 Å². The SMILES string of the molecule is CC(=O)N[C@@H](C=O)[C@@H](O)[C@H](O)[C@H](O)CO.O=C[C@@H](O)[C@H](O)[C@@H](O)[C@H](O)CO. The maximum absolute atomic E-state index is 10.6. The van der Waals surface area contributed by atoms with E-state index in [1.807, 2.05) is 0 Å². The smallest absolute Gasteiger partial charge is 0.217 e. The largest absolute Gasteiger partial charge is 0.394 e. The number of carbonyl (C=O) groups is 3. The van der Waals surface area contributed by atoms with Gasteiger partial charge in [-0.3, -0.25) is 4.79 Å². The highest BCUT2D eigenvalue weighted by molar-refractivity contribution is 5.77. The molecule has 0 aliphatic heterocycles. The van der Waals surface area contributed by atoms with Crippen molar-refractivity contribution in [3.05, 3.63) is 0 Å². The number of aliphatic hydroxyl groups excluding tert-OH is 9. The molecule has 0 aromatic carbocycles. The fourth-order valence-corrected chi connectivity index (χ4v) is 1.60. The van der Waals surface area contributed by atoms with Crippen LogP contribution < -0.4 is 5.32 Å². The van der Waals surface area contributed by atoms with Crippen molar-refractivity contribution in [1.82, 2.24) is 5.32 Å². The summed E-state index contributed by atoms with van der Waals surface area (Å²) >= 11 is 0. The van der Waals surface area contributed by atoms with E-state index in [4.69, 9.17) is 35.7 Å². The number of hydrogen-bond acceptors (Lipinski definition) is 12. The Morgan fingerprint density at radius 1 is 0.778 bits per heavy atom. The van der Waals surface area contributed by atoms with Gasteiger partial charge in [0.15, 0.2) is 6.29 Å². The Kier molecular flexibility index (Phi) is 14.9. The van der Waals surface area contributed by atoms with E-state index in [2.05, 4.69) is 5.32 Å². The minimum Gasteiger partial charge on any atom is -0.394 e. The lowest BCUT2D eigenvalue weighted by Gasteiger charge is -2.25. The van der Waals surface area contributed by atoms with Gasteiger partial charge in [-0.2, -0.15) is 0 Å². The van der Waals surface area contributed by atoms with Crippen molar-refractivity contribution < 1.29 is 60.3 Å². The van der Waals surface area contributed by atoms with Crippen LogP contribution >= 0.6 is 0 Å². The molecule has 0 heterocycles. The van der Waals surface area contributed by atoms with Gasteiger partial charge in [0, 0.05) is 6.92 Å². The Morgan fingerprint density at radius 3 is 1.48 bits per heavy atom. The predicted octanol–water partition coefficient (Wildman–Crippen LogP) is -6.61. The average Bonchev–Trinajstić information content (AvgIpc) is 2.67. The summed E-state index contributed by atoms with van der Waals surface area (Å²) in [7, 11) is 0. The van der Waals surface area contributed by atoms with E-state index in [0.717, 1.165) is 6.92 Å². The molecule has 0 bridgehead atoms. The minimum atomic E-state index is -1.79. The summed E-state index contributed by atoms with van der Waals surface area (Å²) in [6, 6.07) is -1.32. The summed E-state index contributed by atoms with van der Waals surface area (Å²) in [6.07, 6.45) is -11.6. The normalized spacial score (nSPS) is 19.8. The van der Waals surface area contributed by atoms with Crippen molar-refractivity contribution in [2.75, 3.05) is 13.2 Å². The van der Waals surface area contributed by atoms with Crippen molar-refractivity contribution in [3.8, 4) is 0 Å². The Bertz CT molecular complexity index is 436. The van der Waals surface area contributed by atoms with E-state index >= 15 is 0 Å². The molecular formula is C14H27NO12. The van der Waals surface area contributed by atoms with Crippen LogP contribution in [-0.2, 0) is 14.4 Å². The first-order valence-corrected chi connectivity index (χ1v) is 7.64. The fourth-order valence-electron chi connectivity index (χ4n) is 1.60. The first-order valence-electron chi connectivity index (χ1n) is 7.64.